The number of aliphatic hydroxyl groups excluding tert-OH is 1. The van der Waals surface area contributed by atoms with E-state index in [1.807, 2.05) is 26.8 Å². The van der Waals surface area contributed by atoms with Crippen LogP contribution in [0.4, 0.5) is 5.13 Å². The number of aliphatic hydroxyl groups is 1. The van der Waals surface area contributed by atoms with E-state index in [0.717, 1.165) is 16.1 Å². The number of ether oxygens (including phenoxy) is 3. The summed E-state index contributed by atoms with van der Waals surface area (Å²) in [5, 5.41) is 12.3. The lowest BCUT2D eigenvalue weighted by molar-refractivity contribution is -0.117. The number of ketones is 1. The van der Waals surface area contributed by atoms with Gasteiger partial charge in [0.25, 0.3) is 5.91 Å². The van der Waals surface area contributed by atoms with Crippen molar-refractivity contribution in [3.8, 4) is 17.2 Å². The lowest BCUT2D eigenvalue weighted by Crippen LogP contribution is -2.31. The molecule has 0 fully saturated rings. The van der Waals surface area contributed by atoms with E-state index in [9.17, 15) is 14.7 Å². The Hall–Kier alpha value is -3.96. The minimum Gasteiger partial charge on any atom is -0.503 e. The van der Waals surface area contributed by atoms with Gasteiger partial charge in [-0.3, -0.25) is 14.5 Å². The number of amides is 1. The third-order valence-corrected chi connectivity index (χ3v) is 8.49. The maximum absolute atomic E-state index is 14.0. The predicted octanol–water partition coefficient (Wildman–Crippen LogP) is 6.35. The molecule has 1 aliphatic heterocycles. The average molecular weight is 580 g/mol. The average Bonchev–Trinajstić information content (AvgIpc) is 3.59. The molecule has 11 heteroatoms. The maximum Gasteiger partial charge on any atom is 0.296 e. The molecule has 4 aromatic rings. The zero-order valence-corrected chi connectivity index (χ0v) is 24.4. The molecular formula is C29H29N3O6S2. The van der Waals surface area contributed by atoms with Gasteiger partial charge in [-0.1, -0.05) is 24.3 Å². The molecule has 208 valence electrons. The minimum atomic E-state index is -0.955. The number of aromatic nitrogens is 2. The Morgan fingerprint density at radius 3 is 2.52 bits per heavy atom. The van der Waals surface area contributed by atoms with E-state index in [2.05, 4.69) is 9.97 Å². The van der Waals surface area contributed by atoms with Gasteiger partial charge in [-0.25, -0.2) is 9.97 Å². The second-order valence-electron chi connectivity index (χ2n) is 9.13. The number of nitrogens with zero attached hydrogens (tertiary/aromatic N) is 3. The summed E-state index contributed by atoms with van der Waals surface area (Å²) in [6, 6.07) is 9.78. The lowest BCUT2D eigenvalue weighted by atomic mass is 9.95. The fourth-order valence-electron chi connectivity index (χ4n) is 4.63. The van der Waals surface area contributed by atoms with Crippen molar-refractivity contribution in [2.75, 3.05) is 25.2 Å². The second kappa shape index (κ2) is 11.3. The van der Waals surface area contributed by atoms with Crippen molar-refractivity contribution in [3.63, 3.8) is 0 Å². The van der Waals surface area contributed by atoms with Crippen LogP contribution >= 0.6 is 22.7 Å². The molecule has 0 saturated heterocycles. The molecule has 9 nitrogen and oxygen atoms in total. The highest BCUT2D eigenvalue weighted by Crippen LogP contribution is 2.46. The van der Waals surface area contributed by atoms with Crippen molar-refractivity contribution in [3.05, 3.63) is 68.9 Å². The fraction of sp³-hybridized carbons (Fsp3) is 0.310. The van der Waals surface area contributed by atoms with Crippen LogP contribution in [0.15, 0.2) is 47.7 Å². The number of aryl methyl sites for hydroxylation is 2. The van der Waals surface area contributed by atoms with Gasteiger partial charge in [0.1, 0.15) is 5.75 Å². The molecule has 5 rings (SSSR count). The monoisotopic (exact) mass is 579 g/mol. The number of Topliss-reactive ketones (excluding diaryl/α,β-unsaturated/α-hetero) is 1. The number of carbonyl (C=O) groups excluding carboxylic acids is 2. The fourth-order valence-corrected chi connectivity index (χ4v) is 6.53. The Morgan fingerprint density at radius 1 is 1.05 bits per heavy atom. The molecule has 0 bridgehead atoms. The summed E-state index contributed by atoms with van der Waals surface area (Å²) in [5.74, 6) is -0.0650. The number of rotatable bonds is 10. The quantitative estimate of drug-likeness (QED) is 0.217. The summed E-state index contributed by atoms with van der Waals surface area (Å²) in [7, 11) is 1.58. The Labute approximate surface area is 239 Å². The van der Waals surface area contributed by atoms with Crippen molar-refractivity contribution in [1.82, 2.24) is 9.97 Å². The van der Waals surface area contributed by atoms with E-state index in [1.165, 1.54) is 27.6 Å². The van der Waals surface area contributed by atoms with Crippen molar-refractivity contribution in [2.24, 2.45) is 0 Å². The van der Waals surface area contributed by atoms with E-state index < -0.39 is 23.5 Å². The Balaban J connectivity index is 1.68. The van der Waals surface area contributed by atoms with E-state index >= 15 is 0 Å². The number of fused-ring (bicyclic) bond motifs is 1. The van der Waals surface area contributed by atoms with E-state index in [4.69, 9.17) is 14.2 Å². The summed E-state index contributed by atoms with van der Waals surface area (Å²) in [5.41, 5.74) is 1.75. The van der Waals surface area contributed by atoms with Crippen LogP contribution in [0.1, 0.15) is 52.2 Å². The van der Waals surface area contributed by atoms with Gasteiger partial charge in [-0.05, 0) is 63.1 Å². The molecule has 1 aliphatic rings. The molecule has 1 N–H and O–H groups in total. The topological polar surface area (TPSA) is 111 Å². The lowest BCUT2D eigenvalue weighted by Gasteiger charge is -2.25. The van der Waals surface area contributed by atoms with Crippen LogP contribution in [0, 0.1) is 13.8 Å². The first-order valence-electron chi connectivity index (χ1n) is 12.9. The SMILES string of the molecule is CCCOc1ccc(C2C(C(=O)c3sc(C)nc3C)=C(O)C(=O)N2c2nc3ccc(OC)cc3s2)cc1OCC. The van der Waals surface area contributed by atoms with Gasteiger partial charge < -0.3 is 19.3 Å². The molecule has 1 amide bonds. The van der Waals surface area contributed by atoms with Gasteiger partial charge in [-0.2, -0.15) is 0 Å². The Morgan fingerprint density at radius 2 is 1.85 bits per heavy atom. The van der Waals surface area contributed by atoms with E-state index in [0.29, 0.717) is 57.2 Å². The van der Waals surface area contributed by atoms with Gasteiger partial charge >= 0.3 is 0 Å². The normalized spacial score (nSPS) is 15.3. The van der Waals surface area contributed by atoms with E-state index in [1.54, 1.807) is 44.4 Å². The number of thiazole rings is 2. The zero-order chi connectivity index (χ0) is 28.6. The first-order chi connectivity index (χ1) is 19.3. The smallest absolute Gasteiger partial charge is 0.296 e. The number of anilines is 1. The number of hydrogen-bond acceptors (Lipinski definition) is 10. The van der Waals surface area contributed by atoms with E-state index in [-0.39, 0.29) is 5.57 Å². The van der Waals surface area contributed by atoms with Crippen LogP contribution in [0.25, 0.3) is 10.2 Å². The molecule has 40 heavy (non-hydrogen) atoms. The summed E-state index contributed by atoms with van der Waals surface area (Å²) < 4.78 is 17.9. The van der Waals surface area contributed by atoms with Gasteiger partial charge in [0.15, 0.2) is 22.4 Å². The highest BCUT2D eigenvalue weighted by Gasteiger charge is 2.46. The molecule has 0 saturated carbocycles. The van der Waals surface area contributed by atoms with Crippen LogP contribution < -0.4 is 19.1 Å². The molecule has 0 spiro atoms. The standard InChI is InChI=1S/C29H29N3O6S2/c1-6-12-38-20-11-8-17(13-21(20)37-7-2)24-23(25(33)27-15(3)30-16(4)39-27)26(34)28(35)32(24)29-31-19-10-9-18(36-5)14-22(19)40-29/h8-11,13-14,24,34H,6-7,12H2,1-5H3. The molecule has 0 radical (unpaired) electrons. The largest absolute Gasteiger partial charge is 0.503 e. The highest BCUT2D eigenvalue weighted by atomic mass is 32.1. The first kappa shape index (κ1) is 27.6. The third-order valence-electron chi connectivity index (χ3n) is 6.40. The van der Waals surface area contributed by atoms with Crippen LogP contribution in [0.5, 0.6) is 17.2 Å². The van der Waals surface area contributed by atoms with Crippen molar-refractivity contribution in [1.29, 1.82) is 0 Å². The van der Waals surface area contributed by atoms with Gasteiger partial charge in [0.2, 0.25) is 5.78 Å². The summed E-state index contributed by atoms with van der Waals surface area (Å²) in [6.07, 6.45) is 0.823. The minimum absolute atomic E-state index is 0.0294. The number of benzene rings is 2. The molecule has 1 atom stereocenters. The third kappa shape index (κ3) is 4.90. The predicted molar refractivity (Wildman–Crippen MR) is 155 cm³/mol. The summed E-state index contributed by atoms with van der Waals surface area (Å²) >= 11 is 2.50. The van der Waals surface area contributed by atoms with Crippen LogP contribution in [-0.2, 0) is 4.79 Å². The molecule has 0 aliphatic carbocycles. The van der Waals surface area contributed by atoms with Crippen molar-refractivity contribution < 1.29 is 28.9 Å². The zero-order valence-electron chi connectivity index (χ0n) is 22.8. The van der Waals surface area contributed by atoms with Crippen molar-refractivity contribution in [2.45, 2.75) is 40.2 Å². The molecular weight excluding hydrogens is 550 g/mol. The number of carbonyl (C=O) groups is 2. The van der Waals surface area contributed by atoms with Gasteiger partial charge in [0.05, 0.1) is 57.7 Å². The molecule has 1 unspecified atom stereocenters. The second-order valence-corrected chi connectivity index (χ2v) is 11.3. The van der Waals surface area contributed by atoms with Crippen LogP contribution in [0.2, 0.25) is 0 Å². The van der Waals surface area contributed by atoms with Gasteiger partial charge in [-0.15, -0.1) is 11.3 Å². The maximum atomic E-state index is 14.0. The highest BCUT2D eigenvalue weighted by molar-refractivity contribution is 7.22. The molecule has 2 aromatic heterocycles. The summed E-state index contributed by atoms with van der Waals surface area (Å²) in [4.78, 5) is 38.5. The Kier molecular flexibility index (Phi) is 7.77. The van der Waals surface area contributed by atoms with Crippen LogP contribution in [0.3, 0.4) is 0 Å². The number of methoxy groups -OCH3 is 1. The van der Waals surface area contributed by atoms with Gasteiger partial charge in [0, 0.05) is 0 Å². The summed E-state index contributed by atoms with van der Waals surface area (Å²) in [6.45, 7) is 8.34. The first-order valence-corrected chi connectivity index (χ1v) is 14.5. The molecule has 2 aromatic carbocycles. The van der Waals surface area contributed by atoms with Crippen molar-refractivity contribution >= 4 is 49.7 Å². The number of hydrogen-bond donors (Lipinski definition) is 1. The Bertz CT molecular complexity index is 1640. The molecule has 3 heterocycles. The van der Waals surface area contributed by atoms with Crippen LogP contribution in [-0.4, -0.2) is 47.1 Å².